The molecule has 4 heteroatoms. The van der Waals surface area contributed by atoms with Gasteiger partial charge in [-0.1, -0.05) is 13.8 Å². The van der Waals surface area contributed by atoms with Crippen LogP contribution >= 0.6 is 11.8 Å². The number of rotatable bonds is 5. The first-order valence-electron chi connectivity index (χ1n) is 7.15. The summed E-state index contributed by atoms with van der Waals surface area (Å²) in [6, 6.07) is 2.28. The van der Waals surface area contributed by atoms with Crippen molar-refractivity contribution in [2.75, 3.05) is 36.0 Å². The number of hydrogen-bond acceptors (Lipinski definition) is 4. The lowest BCUT2D eigenvalue weighted by molar-refractivity contribution is 0.551. The van der Waals surface area contributed by atoms with Crippen LogP contribution in [0.3, 0.4) is 0 Å². The van der Waals surface area contributed by atoms with Crippen molar-refractivity contribution in [3.8, 4) is 0 Å². The first-order chi connectivity index (χ1) is 9.16. The van der Waals surface area contributed by atoms with Gasteiger partial charge in [0.15, 0.2) is 0 Å². The van der Waals surface area contributed by atoms with Crippen LogP contribution < -0.4 is 10.2 Å². The van der Waals surface area contributed by atoms with Gasteiger partial charge in [0.2, 0.25) is 0 Å². The third-order valence-corrected chi connectivity index (χ3v) is 4.24. The van der Waals surface area contributed by atoms with Crippen LogP contribution in [0.5, 0.6) is 0 Å². The molecule has 1 fully saturated rings. The molecule has 2 heterocycles. The highest BCUT2D eigenvalue weighted by atomic mass is 32.2. The third-order valence-electron chi connectivity index (χ3n) is 3.30. The molecule has 0 amide bonds. The maximum absolute atomic E-state index is 4.68. The number of anilines is 1. The van der Waals surface area contributed by atoms with Gasteiger partial charge >= 0.3 is 0 Å². The number of hydrogen-bond donors (Lipinski definition) is 1. The summed E-state index contributed by atoms with van der Waals surface area (Å²) >= 11 is 2.04. The molecule has 0 unspecified atom stereocenters. The molecule has 1 saturated heterocycles. The van der Waals surface area contributed by atoms with E-state index in [1.165, 1.54) is 28.5 Å². The minimum absolute atomic E-state index is 0.694. The summed E-state index contributed by atoms with van der Waals surface area (Å²) in [6.45, 7) is 10.9. The standard InChI is InChI=1S/C15H25N3S/c1-12(2)9-16-10-14-8-13(3)15(17-11-14)18-4-6-19-7-5-18/h8,11-12,16H,4-7,9-10H2,1-3H3. The van der Waals surface area contributed by atoms with E-state index in [2.05, 4.69) is 42.0 Å². The van der Waals surface area contributed by atoms with Crippen LogP contribution in [-0.2, 0) is 6.54 Å². The molecule has 19 heavy (non-hydrogen) atoms. The summed E-state index contributed by atoms with van der Waals surface area (Å²) < 4.78 is 0. The second kappa shape index (κ2) is 7.15. The summed E-state index contributed by atoms with van der Waals surface area (Å²) in [7, 11) is 0. The maximum Gasteiger partial charge on any atom is 0.131 e. The molecule has 1 aromatic heterocycles. The molecule has 1 aliphatic heterocycles. The molecule has 1 aromatic rings. The van der Waals surface area contributed by atoms with Gasteiger partial charge in [-0.3, -0.25) is 0 Å². The number of thioether (sulfide) groups is 1. The van der Waals surface area contributed by atoms with Crippen LogP contribution in [0.15, 0.2) is 12.3 Å². The third kappa shape index (κ3) is 4.39. The second-order valence-electron chi connectivity index (χ2n) is 5.61. The summed E-state index contributed by atoms with van der Waals surface area (Å²) in [6.07, 6.45) is 2.03. The summed E-state index contributed by atoms with van der Waals surface area (Å²) in [5.41, 5.74) is 2.59. The van der Waals surface area contributed by atoms with Crippen LogP contribution in [0.4, 0.5) is 5.82 Å². The number of nitrogens with one attached hydrogen (secondary N) is 1. The predicted octanol–water partition coefficient (Wildman–Crippen LogP) is 2.69. The molecular weight excluding hydrogens is 254 g/mol. The summed E-state index contributed by atoms with van der Waals surface area (Å²) in [5.74, 6) is 4.31. The minimum Gasteiger partial charge on any atom is -0.355 e. The molecule has 2 rings (SSSR count). The maximum atomic E-state index is 4.68. The molecule has 0 spiro atoms. The van der Waals surface area contributed by atoms with Gasteiger partial charge in [-0.15, -0.1) is 0 Å². The van der Waals surface area contributed by atoms with Crippen LogP contribution in [0.1, 0.15) is 25.0 Å². The van der Waals surface area contributed by atoms with E-state index in [0.29, 0.717) is 5.92 Å². The zero-order chi connectivity index (χ0) is 13.7. The van der Waals surface area contributed by atoms with E-state index in [4.69, 9.17) is 0 Å². The molecule has 0 saturated carbocycles. The molecule has 1 aliphatic rings. The van der Waals surface area contributed by atoms with Gasteiger partial charge in [0.25, 0.3) is 0 Å². The van der Waals surface area contributed by atoms with Gasteiger partial charge in [0.1, 0.15) is 5.82 Å². The lowest BCUT2D eigenvalue weighted by Gasteiger charge is -2.28. The molecule has 0 aliphatic carbocycles. The van der Waals surface area contributed by atoms with Crippen LogP contribution in [0, 0.1) is 12.8 Å². The van der Waals surface area contributed by atoms with E-state index >= 15 is 0 Å². The smallest absolute Gasteiger partial charge is 0.131 e. The normalized spacial score (nSPS) is 16.1. The quantitative estimate of drug-likeness (QED) is 0.897. The topological polar surface area (TPSA) is 28.2 Å². The fourth-order valence-corrected chi connectivity index (χ4v) is 3.24. The Morgan fingerprint density at radius 2 is 2.11 bits per heavy atom. The van der Waals surface area contributed by atoms with Gasteiger partial charge in [-0.05, 0) is 36.6 Å². The Morgan fingerprint density at radius 3 is 2.74 bits per heavy atom. The van der Waals surface area contributed by atoms with E-state index in [-0.39, 0.29) is 0 Å². The molecule has 0 radical (unpaired) electrons. The Morgan fingerprint density at radius 1 is 1.37 bits per heavy atom. The molecule has 0 aromatic carbocycles. The molecule has 0 bridgehead atoms. The Hall–Kier alpha value is -0.740. The SMILES string of the molecule is Cc1cc(CNCC(C)C)cnc1N1CCSCC1. The fourth-order valence-electron chi connectivity index (χ4n) is 2.33. The van der Waals surface area contributed by atoms with Crippen molar-refractivity contribution in [2.45, 2.75) is 27.3 Å². The van der Waals surface area contributed by atoms with Gasteiger partial charge in [0, 0.05) is 37.3 Å². The van der Waals surface area contributed by atoms with Crippen molar-refractivity contribution >= 4 is 17.6 Å². The molecular formula is C15H25N3S. The average Bonchev–Trinajstić information content (AvgIpc) is 2.39. The van der Waals surface area contributed by atoms with Crippen LogP contribution in [0.25, 0.3) is 0 Å². The zero-order valence-corrected chi connectivity index (χ0v) is 13.1. The highest BCUT2D eigenvalue weighted by Crippen LogP contribution is 2.21. The van der Waals surface area contributed by atoms with E-state index < -0.39 is 0 Å². The Kier molecular flexibility index (Phi) is 5.52. The second-order valence-corrected chi connectivity index (χ2v) is 6.83. The highest BCUT2D eigenvalue weighted by Gasteiger charge is 2.14. The highest BCUT2D eigenvalue weighted by molar-refractivity contribution is 7.99. The first-order valence-corrected chi connectivity index (χ1v) is 8.31. The minimum atomic E-state index is 0.694. The van der Waals surface area contributed by atoms with Crippen molar-refractivity contribution in [2.24, 2.45) is 5.92 Å². The van der Waals surface area contributed by atoms with Crippen LogP contribution in [0.2, 0.25) is 0 Å². The van der Waals surface area contributed by atoms with E-state index in [0.717, 1.165) is 26.2 Å². The van der Waals surface area contributed by atoms with Crippen molar-refractivity contribution in [3.05, 3.63) is 23.4 Å². The predicted molar refractivity (Wildman–Crippen MR) is 85.1 cm³/mol. The number of aryl methyl sites for hydroxylation is 1. The van der Waals surface area contributed by atoms with Crippen LogP contribution in [-0.4, -0.2) is 36.1 Å². The van der Waals surface area contributed by atoms with Crippen molar-refractivity contribution < 1.29 is 0 Å². The number of pyridine rings is 1. The van der Waals surface area contributed by atoms with Gasteiger partial charge < -0.3 is 10.2 Å². The molecule has 1 N–H and O–H groups in total. The van der Waals surface area contributed by atoms with Gasteiger partial charge in [0.05, 0.1) is 0 Å². The lowest BCUT2D eigenvalue weighted by Crippen LogP contribution is -2.33. The fraction of sp³-hybridized carbons (Fsp3) is 0.667. The van der Waals surface area contributed by atoms with E-state index in [9.17, 15) is 0 Å². The largest absolute Gasteiger partial charge is 0.355 e. The van der Waals surface area contributed by atoms with E-state index in [1.54, 1.807) is 0 Å². The average molecular weight is 279 g/mol. The lowest BCUT2D eigenvalue weighted by atomic mass is 10.1. The summed E-state index contributed by atoms with van der Waals surface area (Å²) in [5, 5.41) is 3.47. The Balaban J connectivity index is 1.96. The number of aromatic nitrogens is 1. The van der Waals surface area contributed by atoms with E-state index in [1.807, 2.05) is 18.0 Å². The van der Waals surface area contributed by atoms with Gasteiger partial charge in [-0.2, -0.15) is 11.8 Å². The summed E-state index contributed by atoms with van der Waals surface area (Å²) in [4.78, 5) is 7.09. The molecule has 106 valence electrons. The first kappa shape index (κ1) is 14.7. The molecule has 0 atom stereocenters. The van der Waals surface area contributed by atoms with Crippen molar-refractivity contribution in [1.82, 2.24) is 10.3 Å². The Labute approximate surface area is 121 Å². The molecule has 3 nitrogen and oxygen atoms in total. The van der Waals surface area contributed by atoms with Crippen molar-refractivity contribution in [1.29, 1.82) is 0 Å². The zero-order valence-electron chi connectivity index (χ0n) is 12.3. The monoisotopic (exact) mass is 279 g/mol. The Bertz CT molecular complexity index is 400. The van der Waals surface area contributed by atoms with Gasteiger partial charge in [-0.25, -0.2) is 4.98 Å². The van der Waals surface area contributed by atoms with Crippen molar-refractivity contribution in [3.63, 3.8) is 0 Å². The number of nitrogens with zero attached hydrogens (tertiary/aromatic N) is 2.